The number of halogens is 2. The van der Waals surface area contributed by atoms with Gasteiger partial charge in [0.2, 0.25) is 5.82 Å². The molecule has 0 saturated carbocycles. The number of ketones is 1. The molecule has 4 aromatic rings. The minimum absolute atomic E-state index is 0.0431. The molecule has 0 bridgehead atoms. The monoisotopic (exact) mass is 573 g/mol. The number of nitrogens with one attached hydrogen (secondary N) is 1. The normalized spacial score (nSPS) is 16.0. The summed E-state index contributed by atoms with van der Waals surface area (Å²) in [5, 5.41) is 0.948. The number of benzene rings is 3. The fraction of sp³-hybridized carbons (Fsp3) is 0.294. The molecule has 0 fully saturated rings. The summed E-state index contributed by atoms with van der Waals surface area (Å²) in [7, 11) is 1.55. The molecule has 8 heteroatoms. The van der Waals surface area contributed by atoms with Crippen molar-refractivity contribution in [1.82, 2.24) is 4.98 Å². The van der Waals surface area contributed by atoms with Crippen molar-refractivity contribution >= 4 is 22.7 Å². The van der Waals surface area contributed by atoms with E-state index in [9.17, 15) is 18.4 Å². The molecule has 6 nitrogen and oxygen atoms in total. The number of esters is 1. The number of fused-ring (bicyclic) bond motifs is 3. The van der Waals surface area contributed by atoms with Crippen LogP contribution >= 0.6 is 0 Å². The number of aromatic nitrogens is 1. The molecule has 0 spiro atoms. The van der Waals surface area contributed by atoms with Gasteiger partial charge in [0.05, 0.1) is 13.2 Å². The first-order valence-electron chi connectivity index (χ1n) is 13.8. The summed E-state index contributed by atoms with van der Waals surface area (Å²) < 4.78 is 45.9. The van der Waals surface area contributed by atoms with E-state index < -0.39 is 34.7 Å². The number of rotatable bonds is 8. The molecule has 0 aliphatic heterocycles. The first kappa shape index (κ1) is 29.0. The van der Waals surface area contributed by atoms with Crippen LogP contribution in [0.2, 0.25) is 0 Å². The highest BCUT2D eigenvalue weighted by molar-refractivity contribution is 6.10. The lowest BCUT2D eigenvalue weighted by molar-refractivity contribution is -0.148. The fourth-order valence-electron chi connectivity index (χ4n) is 5.55. The van der Waals surface area contributed by atoms with E-state index in [1.165, 1.54) is 6.07 Å². The van der Waals surface area contributed by atoms with Gasteiger partial charge in [-0.3, -0.25) is 9.59 Å². The van der Waals surface area contributed by atoms with Crippen molar-refractivity contribution in [2.75, 3.05) is 7.11 Å². The number of hydrogen-bond acceptors (Lipinski definition) is 5. The van der Waals surface area contributed by atoms with Crippen molar-refractivity contribution in [3.8, 4) is 11.5 Å². The van der Waals surface area contributed by atoms with Gasteiger partial charge in [0, 0.05) is 22.2 Å². The van der Waals surface area contributed by atoms with Crippen molar-refractivity contribution in [2.45, 2.75) is 58.2 Å². The predicted octanol–water partition coefficient (Wildman–Crippen LogP) is 7.56. The van der Waals surface area contributed by atoms with Crippen LogP contribution in [0.3, 0.4) is 0 Å². The zero-order chi connectivity index (χ0) is 30.2. The smallest absolute Gasteiger partial charge is 0.319 e. The average Bonchev–Trinajstić information content (AvgIpc) is 3.30. The Hall–Kier alpha value is -4.46. The van der Waals surface area contributed by atoms with E-state index in [1.54, 1.807) is 51.3 Å². The predicted molar refractivity (Wildman–Crippen MR) is 156 cm³/mol. The van der Waals surface area contributed by atoms with Crippen molar-refractivity contribution in [3.63, 3.8) is 0 Å². The molecular weight excluding hydrogens is 540 g/mol. The Morgan fingerprint density at radius 3 is 2.45 bits per heavy atom. The van der Waals surface area contributed by atoms with E-state index in [-0.39, 0.29) is 30.4 Å². The summed E-state index contributed by atoms with van der Waals surface area (Å²) in [5.74, 6) is -4.04. The second-order valence-corrected chi connectivity index (χ2v) is 11.4. The van der Waals surface area contributed by atoms with Crippen LogP contribution in [0, 0.1) is 11.6 Å². The van der Waals surface area contributed by atoms with Gasteiger partial charge in [-0.05, 0) is 72.7 Å². The highest BCUT2D eigenvalue weighted by atomic mass is 19.2. The molecule has 1 aromatic heterocycles. The number of Topliss-reactive ketones (excluding diaryl/α,β-unsaturated/α-hetero) is 1. The van der Waals surface area contributed by atoms with Gasteiger partial charge in [0.1, 0.15) is 18.3 Å². The standard InChI is InChI=1S/C34H33F2NO5/c1-19(2)42-33(39)25-14-22(17-34(3,4)29-24-8-6-7-9-27(24)37-31(25)29)32(38)21-15-26(35)30(36)28(16-21)41-18-20-10-12-23(40-5)13-11-20/h6-16,19,25,37H,17-18H2,1-5H3. The Labute approximate surface area is 243 Å². The highest BCUT2D eigenvalue weighted by Gasteiger charge is 2.39. The number of methoxy groups -OCH3 is 1. The fourth-order valence-corrected chi connectivity index (χ4v) is 5.55. The molecule has 3 aromatic carbocycles. The van der Waals surface area contributed by atoms with Crippen molar-refractivity contribution in [3.05, 3.63) is 106 Å². The Morgan fingerprint density at radius 2 is 1.76 bits per heavy atom. The maximum atomic E-state index is 14.8. The third kappa shape index (κ3) is 5.66. The van der Waals surface area contributed by atoms with E-state index >= 15 is 0 Å². The van der Waals surface area contributed by atoms with E-state index in [0.717, 1.165) is 22.5 Å². The van der Waals surface area contributed by atoms with Gasteiger partial charge < -0.3 is 19.2 Å². The molecule has 42 heavy (non-hydrogen) atoms. The number of para-hydroxylation sites is 1. The van der Waals surface area contributed by atoms with E-state index in [2.05, 4.69) is 4.98 Å². The maximum Gasteiger partial charge on any atom is 0.319 e. The number of carbonyl (C=O) groups is 2. The second kappa shape index (κ2) is 11.4. The summed E-state index contributed by atoms with van der Waals surface area (Å²) in [6.07, 6.45) is 1.48. The Morgan fingerprint density at radius 1 is 1.05 bits per heavy atom. The Balaban J connectivity index is 1.53. The molecule has 0 amide bonds. The van der Waals surface area contributed by atoms with E-state index in [4.69, 9.17) is 14.2 Å². The number of aromatic amines is 1. The summed E-state index contributed by atoms with van der Waals surface area (Å²) in [6.45, 7) is 7.47. The minimum Gasteiger partial charge on any atom is -0.497 e. The van der Waals surface area contributed by atoms with Crippen LogP contribution in [-0.2, 0) is 21.6 Å². The zero-order valence-corrected chi connectivity index (χ0v) is 24.2. The van der Waals surface area contributed by atoms with Crippen LogP contribution in [0.1, 0.15) is 67.2 Å². The SMILES string of the molecule is COc1ccc(COc2cc(C(=O)C3=CC(C(=O)OC(C)C)c4[nH]c5ccccc5c4C(C)(C)C3)cc(F)c2F)cc1. The molecule has 5 rings (SSSR count). The number of carbonyl (C=O) groups excluding carboxylic acids is 2. The van der Waals surface area contributed by atoms with Gasteiger partial charge in [-0.25, -0.2) is 4.39 Å². The largest absolute Gasteiger partial charge is 0.497 e. The first-order valence-corrected chi connectivity index (χ1v) is 13.8. The zero-order valence-electron chi connectivity index (χ0n) is 24.2. The summed E-state index contributed by atoms with van der Waals surface area (Å²) >= 11 is 0. The van der Waals surface area contributed by atoms with Gasteiger partial charge in [-0.2, -0.15) is 4.39 Å². The van der Waals surface area contributed by atoms with Gasteiger partial charge in [0.25, 0.3) is 0 Å². The summed E-state index contributed by atoms with van der Waals surface area (Å²) in [6, 6.07) is 16.8. The maximum absolute atomic E-state index is 14.8. The first-order chi connectivity index (χ1) is 20.0. The van der Waals surface area contributed by atoms with Gasteiger partial charge in [-0.1, -0.05) is 50.3 Å². The van der Waals surface area contributed by atoms with Gasteiger partial charge in [0.15, 0.2) is 17.3 Å². The quantitative estimate of drug-likeness (QED) is 0.174. The van der Waals surface area contributed by atoms with E-state index in [0.29, 0.717) is 22.6 Å². The lowest BCUT2D eigenvalue weighted by atomic mass is 9.77. The van der Waals surface area contributed by atoms with Crippen LogP contribution in [0.4, 0.5) is 8.78 Å². The molecular formula is C34H33F2NO5. The molecule has 218 valence electrons. The minimum atomic E-state index is -1.20. The van der Waals surface area contributed by atoms with Crippen molar-refractivity contribution in [1.29, 1.82) is 0 Å². The molecule has 1 aliphatic rings. The van der Waals surface area contributed by atoms with Crippen molar-refractivity contribution < 1.29 is 32.6 Å². The summed E-state index contributed by atoms with van der Waals surface area (Å²) in [4.78, 5) is 30.7. The van der Waals surface area contributed by atoms with Crippen LogP contribution in [0.5, 0.6) is 11.5 Å². The number of hydrogen-bond donors (Lipinski definition) is 1. The highest BCUT2D eigenvalue weighted by Crippen LogP contribution is 2.45. The lowest BCUT2D eigenvalue weighted by Gasteiger charge is -2.26. The van der Waals surface area contributed by atoms with Crippen LogP contribution in [-0.4, -0.2) is 30.0 Å². The Bertz CT molecular complexity index is 1680. The molecule has 1 heterocycles. The molecule has 0 radical (unpaired) electrons. The average molecular weight is 574 g/mol. The van der Waals surface area contributed by atoms with E-state index in [1.807, 2.05) is 38.1 Å². The second-order valence-electron chi connectivity index (χ2n) is 11.4. The van der Waals surface area contributed by atoms with Gasteiger partial charge >= 0.3 is 5.97 Å². The molecule has 1 unspecified atom stereocenters. The number of allylic oxidation sites excluding steroid dienone is 1. The third-order valence-corrected chi connectivity index (χ3v) is 7.43. The molecule has 1 aliphatic carbocycles. The Kier molecular flexibility index (Phi) is 7.91. The summed E-state index contributed by atoms with van der Waals surface area (Å²) in [5.41, 5.74) is 2.79. The van der Waals surface area contributed by atoms with Crippen LogP contribution in [0.15, 0.2) is 72.3 Å². The number of ether oxygens (including phenoxy) is 3. The topological polar surface area (TPSA) is 77.6 Å². The van der Waals surface area contributed by atoms with Crippen LogP contribution in [0.25, 0.3) is 10.9 Å². The van der Waals surface area contributed by atoms with Crippen molar-refractivity contribution in [2.24, 2.45) is 0 Å². The third-order valence-electron chi connectivity index (χ3n) is 7.43. The molecule has 1 N–H and O–H groups in total. The molecule has 0 saturated heterocycles. The van der Waals surface area contributed by atoms with Crippen LogP contribution < -0.4 is 9.47 Å². The number of H-pyrrole nitrogens is 1. The van der Waals surface area contributed by atoms with Gasteiger partial charge in [-0.15, -0.1) is 0 Å². The lowest BCUT2D eigenvalue weighted by Crippen LogP contribution is -2.22. The molecule has 1 atom stereocenters.